The molecule has 130 valence electrons. The first-order valence-electron chi connectivity index (χ1n) is 8.98. The van der Waals surface area contributed by atoms with Crippen LogP contribution in [0.15, 0.2) is 24.4 Å². The maximum absolute atomic E-state index is 10.5. The molecule has 0 amide bonds. The molecule has 0 atom stereocenters. The lowest BCUT2D eigenvalue weighted by molar-refractivity contribution is 0.0521. The van der Waals surface area contributed by atoms with Crippen LogP contribution in [0.1, 0.15) is 44.7 Å². The number of nitrogens with one attached hydrogen (secondary N) is 2. The highest BCUT2D eigenvalue weighted by atomic mass is 16.3. The van der Waals surface area contributed by atoms with Gasteiger partial charge in [-0.25, -0.2) is 9.50 Å². The van der Waals surface area contributed by atoms with Crippen LogP contribution in [0.4, 0.5) is 5.82 Å². The Bertz CT molecular complexity index is 934. The van der Waals surface area contributed by atoms with E-state index in [1.54, 1.807) is 0 Å². The third kappa shape index (κ3) is 2.33. The lowest BCUT2D eigenvalue weighted by Gasteiger charge is -2.28. The average molecular weight is 338 g/mol. The molecule has 5 rings (SSSR count). The fourth-order valence-electron chi connectivity index (χ4n) is 4.41. The van der Waals surface area contributed by atoms with Gasteiger partial charge in [0.25, 0.3) is 0 Å². The van der Waals surface area contributed by atoms with Crippen LogP contribution in [-0.2, 0) is 6.42 Å². The van der Waals surface area contributed by atoms with Gasteiger partial charge in [0, 0.05) is 11.2 Å². The number of aryl methyl sites for hydroxylation is 1. The van der Waals surface area contributed by atoms with E-state index in [2.05, 4.69) is 27.4 Å². The van der Waals surface area contributed by atoms with E-state index in [0.29, 0.717) is 0 Å². The Hall–Kier alpha value is -2.41. The van der Waals surface area contributed by atoms with Gasteiger partial charge in [-0.3, -0.25) is 5.10 Å². The SMILES string of the molecule is CCc1cc(-c2cnc3ccc(NC45CCC(O)(CC4)C5)nn23)n[nH]1. The normalized spacial score (nSPS) is 28.1. The Morgan fingerprint density at radius 3 is 2.80 bits per heavy atom. The summed E-state index contributed by atoms with van der Waals surface area (Å²) in [7, 11) is 0. The van der Waals surface area contributed by atoms with Gasteiger partial charge in [-0.1, -0.05) is 6.92 Å². The van der Waals surface area contributed by atoms with Crippen molar-refractivity contribution < 1.29 is 5.11 Å². The average Bonchev–Trinajstić information content (AvgIpc) is 3.35. The van der Waals surface area contributed by atoms with Gasteiger partial charge >= 0.3 is 0 Å². The van der Waals surface area contributed by atoms with Crippen molar-refractivity contribution in [1.82, 2.24) is 24.8 Å². The van der Waals surface area contributed by atoms with Crippen LogP contribution >= 0.6 is 0 Å². The van der Waals surface area contributed by atoms with Crippen LogP contribution in [0.3, 0.4) is 0 Å². The Morgan fingerprint density at radius 1 is 1.28 bits per heavy atom. The van der Waals surface area contributed by atoms with E-state index in [4.69, 9.17) is 5.10 Å². The van der Waals surface area contributed by atoms with Crippen molar-refractivity contribution in [2.24, 2.45) is 0 Å². The predicted octanol–water partition coefficient (Wildman–Crippen LogP) is 2.54. The van der Waals surface area contributed by atoms with Crippen molar-refractivity contribution in [2.75, 3.05) is 5.32 Å². The van der Waals surface area contributed by atoms with Crippen LogP contribution in [-0.4, -0.2) is 41.0 Å². The van der Waals surface area contributed by atoms with Gasteiger partial charge in [0.1, 0.15) is 17.2 Å². The zero-order valence-corrected chi connectivity index (χ0v) is 14.3. The molecule has 0 aromatic carbocycles. The zero-order chi connectivity index (χ0) is 17.1. The largest absolute Gasteiger partial charge is 0.390 e. The number of anilines is 1. The lowest BCUT2D eigenvalue weighted by atomic mass is 9.93. The Kier molecular flexibility index (Phi) is 3.01. The van der Waals surface area contributed by atoms with Crippen molar-refractivity contribution in [2.45, 2.75) is 56.6 Å². The second kappa shape index (κ2) is 5.05. The predicted molar refractivity (Wildman–Crippen MR) is 94.3 cm³/mol. The Morgan fingerprint density at radius 2 is 2.12 bits per heavy atom. The van der Waals surface area contributed by atoms with Gasteiger partial charge in [-0.2, -0.15) is 5.10 Å². The van der Waals surface area contributed by atoms with Crippen LogP contribution in [0.5, 0.6) is 0 Å². The van der Waals surface area contributed by atoms with Crippen LogP contribution in [0.25, 0.3) is 17.0 Å². The zero-order valence-electron chi connectivity index (χ0n) is 14.3. The maximum atomic E-state index is 10.5. The second-order valence-electron chi connectivity index (χ2n) is 7.57. The third-order valence-corrected chi connectivity index (χ3v) is 5.84. The first kappa shape index (κ1) is 14.9. The smallest absolute Gasteiger partial charge is 0.154 e. The summed E-state index contributed by atoms with van der Waals surface area (Å²) >= 11 is 0. The molecule has 3 N–H and O–H groups in total. The molecule has 3 heterocycles. The van der Waals surface area contributed by atoms with Gasteiger partial charge in [-0.05, 0) is 56.7 Å². The fourth-order valence-corrected chi connectivity index (χ4v) is 4.41. The van der Waals surface area contributed by atoms with Crippen molar-refractivity contribution in [3.63, 3.8) is 0 Å². The fraction of sp³-hybridized carbons (Fsp3) is 0.500. The minimum atomic E-state index is -0.469. The molecule has 0 saturated heterocycles. The molecule has 3 aromatic heterocycles. The lowest BCUT2D eigenvalue weighted by Crippen LogP contribution is -2.33. The van der Waals surface area contributed by atoms with E-state index in [0.717, 1.165) is 67.1 Å². The number of H-pyrrole nitrogens is 1. The number of aromatic nitrogens is 5. The quantitative estimate of drug-likeness (QED) is 0.680. The van der Waals surface area contributed by atoms with Crippen LogP contribution < -0.4 is 5.32 Å². The summed E-state index contributed by atoms with van der Waals surface area (Å²) in [6.45, 7) is 2.09. The number of aromatic amines is 1. The highest BCUT2D eigenvalue weighted by molar-refractivity contribution is 5.60. The highest BCUT2D eigenvalue weighted by Crippen LogP contribution is 2.51. The molecule has 3 aromatic rings. The molecular weight excluding hydrogens is 316 g/mol. The molecule has 2 fully saturated rings. The summed E-state index contributed by atoms with van der Waals surface area (Å²) in [5, 5.41) is 26.2. The number of rotatable bonds is 4. The number of hydrogen-bond donors (Lipinski definition) is 3. The van der Waals surface area contributed by atoms with Crippen LogP contribution in [0.2, 0.25) is 0 Å². The standard InChI is InChI=1S/C18H22N6O/c1-2-12-9-13(22-21-12)14-10-19-16-4-3-15(23-24(14)16)20-17-5-7-18(25,11-17)8-6-17/h3-4,9-10,25H,2,5-8,11H2,1H3,(H,20,23)(H,21,22). The third-order valence-electron chi connectivity index (χ3n) is 5.84. The Balaban J connectivity index is 1.50. The maximum Gasteiger partial charge on any atom is 0.154 e. The molecule has 0 aliphatic heterocycles. The van der Waals surface area contributed by atoms with E-state index in [1.165, 1.54) is 0 Å². The van der Waals surface area contributed by atoms with E-state index >= 15 is 0 Å². The number of nitrogens with zero attached hydrogens (tertiary/aromatic N) is 4. The van der Waals surface area contributed by atoms with E-state index in [1.807, 2.05) is 28.9 Å². The molecule has 7 heteroatoms. The van der Waals surface area contributed by atoms with Gasteiger partial charge < -0.3 is 10.4 Å². The van der Waals surface area contributed by atoms with Gasteiger partial charge in [0.05, 0.1) is 11.8 Å². The van der Waals surface area contributed by atoms with Gasteiger partial charge in [-0.15, -0.1) is 5.10 Å². The van der Waals surface area contributed by atoms with Crippen molar-refractivity contribution in [3.8, 4) is 11.4 Å². The summed E-state index contributed by atoms with van der Waals surface area (Å²) in [6, 6.07) is 5.98. The summed E-state index contributed by atoms with van der Waals surface area (Å²) in [6.07, 6.45) is 7.30. The Labute approximate surface area is 145 Å². The summed E-state index contributed by atoms with van der Waals surface area (Å²) in [5.74, 6) is 0.823. The summed E-state index contributed by atoms with van der Waals surface area (Å²) < 4.78 is 1.84. The van der Waals surface area contributed by atoms with Crippen molar-refractivity contribution in [3.05, 3.63) is 30.1 Å². The van der Waals surface area contributed by atoms with Crippen LogP contribution in [0, 0.1) is 0 Å². The summed E-state index contributed by atoms with van der Waals surface area (Å²) in [5.41, 5.74) is 3.13. The second-order valence-corrected chi connectivity index (χ2v) is 7.57. The monoisotopic (exact) mass is 338 g/mol. The molecule has 2 aliphatic rings. The molecule has 0 unspecified atom stereocenters. The van der Waals surface area contributed by atoms with E-state index < -0.39 is 5.60 Å². The first-order valence-corrected chi connectivity index (χ1v) is 8.98. The molecule has 2 bridgehead atoms. The number of fused-ring (bicyclic) bond motifs is 3. The topological polar surface area (TPSA) is 91.1 Å². The molecule has 2 saturated carbocycles. The molecular formula is C18H22N6O. The van der Waals surface area contributed by atoms with Gasteiger partial charge in [0.15, 0.2) is 5.65 Å². The molecule has 25 heavy (non-hydrogen) atoms. The number of hydrogen-bond acceptors (Lipinski definition) is 5. The molecule has 0 spiro atoms. The van der Waals surface area contributed by atoms with E-state index in [9.17, 15) is 5.11 Å². The first-order chi connectivity index (χ1) is 12.1. The molecule has 0 radical (unpaired) electrons. The minimum absolute atomic E-state index is 0.0160. The van der Waals surface area contributed by atoms with E-state index in [-0.39, 0.29) is 5.54 Å². The van der Waals surface area contributed by atoms with Gasteiger partial charge in [0.2, 0.25) is 0 Å². The highest BCUT2D eigenvalue weighted by Gasteiger charge is 2.53. The number of aliphatic hydroxyl groups is 1. The number of imidazole rings is 1. The summed E-state index contributed by atoms with van der Waals surface area (Å²) in [4.78, 5) is 4.44. The minimum Gasteiger partial charge on any atom is -0.390 e. The van der Waals surface area contributed by atoms with Crippen molar-refractivity contribution in [1.29, 1.82) is 0 Å². The van der Waals surface area contributed by atoms with Crippen molar-refractivity contribution >= 4 is 11.5 Å². The molecule has 2 aliphatic carbocycles. The molecule has 7 nitrogen and oxygen atoms in total.